The fourth-order valence-corrected chi connectivity index (χ4v) is 3.24. The molecule has 0 atom stereocenters. The molecule has 134 valence electrons. The Hall–Kier alpha value is -1.97. The molecule has 0 spiro atoms. The molecule has 0 aromatic heterocycles. The first-order chi connectivity index (χ1) is 12.5. The van der Waals surface area contributed by atoms with Crippen LogP contribution in [0.3, 0.4) is 0 Å². The number of anilines is 1. The number of rotatable bonds is 6. The maximum absolute atomic E-state index is 6.21. The molecule has 2 nitrogen and oxygen atoms in total. The van der Waals surface area contributed by atoms with E-state index in [9.17, 15) is 0 Å². The van der Waals surface area contributed by atoms with Gasteiger partial charge >= 0.3 is 0 Å². The van der Waals surface area contributed by atoms with Gasteiger partial charge in [0, 0.05) is 27.3 Å². The minimum atomic E-state index is 0.547. The molecule has 0 aliphatic heterocycles. The van der Waals surface area contributed by atoms with Crippen LogP contribution in [0.2, 0.25) is 5.02 Å². The Bertz CT molecular complexity index is 893. The van der Waals surface area contributed by atoms with Crippen LogP contribution in [0.25, 0.3) is 0 Å². The van der Waals surface area contributed by atoms with Crippen molar-refractivity contribution in [1.82, 2.24) is 0 Å². The van der Waals surface area contributed by atoms with Crippen molar-refractivity contribution in [3.8, 4) is 5.75 Å². The summed E-state index contributed by atoms with van der Waals surface area (Å²) < 4.78 is 7.10. The summed E-state index contributed by atoms with van der Waals surface area (Å²) in [6.45, 7) is 5.30. The zero-order chi connectivity index (χ0) is 18.5. The third-order valence-corrected chi connectivity index (χ3v) is 5.18. The molecular weight excluding hydrogens is 410 g/mol. The van der Waals surface area contributed by atoms with Gasteiger partial charge in [-0.05, 0) is 55.3 Å². The van der Waals surface area contributed by atoms with Crippen molar-refractivity contribution in [2.45, 2.75) is 27.0 Å². The summed E-state index contributed by atoms with van der Waals surface area (Å²) in [7, 11) is 0. The number of halogens is 2. The molecule has 0 radical (unpaired) electrons. The first-order valence-electron chi connectivity index (χ1n) is 8.48. The largest absolute Gasteiger partial charge is 0.489 e. The van der Waals surface area contributed by atoms with Crippen LogP contribution < -0.4 is 10.1 Å². The molecule has 3 aromatic carbocycles. The molecule has 3 rings (SSSR count). The van der Waals surface area contributed by atoms with E-state index in [4.69, 9.17) is 16.3 Å². The predicted octanol–water partition coefficient (Wildman–Crippen LogP) is 6.91. The highest BCUT2D eigenvalue weighted by Gasteiger charge is 2.07. The van der Waals surface area contributed by atoms with Crippen molar-refractivity contribution in [2.75, 3.05) is 5.32 Å². The first kappa shape index (κ1) is 18.8. The number of ether oxygens (including phenoxy) is 1. The summed E-state index contributed by atoms with van der Waals surface area (Å²) in [6, 6.07) is 20.4. The smallest absolute Gasteiger partial charge is 0.124 e. The zero-order valence-corrected chi connectivity index (χ0v) is 17.2. The molecule has 4 heteroatoms. The van der Waals surface area contributed by atoms with Crippen molar-refractivity contribution in [2.24, 2.45) is 0 Å². The van der Waals surface area contributed by atoms with Crippen LogP contribution in [-0.4, -0.2) is 0 Å². The quantitative estimate of drug-likeness (QED) is 0.458. The van der Waals surface area contributed by atoms with Gasteiger partial charge in [-0.25, -0.2) is 0 Å². The van der Waals surface area contributed by atoms with Crippen LogP contribution in [0.5, 0.6) is 5.75 Å². The van der Waals surface area contributed by atoms with E-state index in [1.54, 1.807) is 0 Å². The number of aryl methyl sites for hydroxylation is 1. The van der Waals surface area contributed by atoms with Gasteiger partial charge in [0.1, 0.15) is 12.4 Å². The second-order valence-electron chi connectivity index (χ2n) is 6.29. The molecular formula is C22H21BrClNO. The first-order valence-corrected chi connectivity index (χ1v) is 9.66. The minimum absolute atomic E-state index is 0.547. The lowest BCUT2D eigenvalue weighted by molar-refractivity contribution is 0.303. The average molecular weight is 431 g/mol. The monoisotopic (exact) mass is 429 g/mol. The lowest BCUT2D eigenvalue weighted by Crippen LogP contribution is -2.05. The van der Waals surface area contributed by atoms with Crippen molar-refractivity contribution in [3.05, 3.63) is 92.4 Å². The molecule has 0 heterocycles. The highest BCUT2D eigenvalue weighted by Crippen LogP contribution is 2.27. The Kier molecular flexibility index (Phi) is 6.23. The number of benzene rings is 3. The van der Waals surface area contributed by atoms with Crippen LogP contribution in [-0.2, 0) is 13.2 Å². The second kappa shape index (κ2) is 8.61. The van der Waals surface area contributed by atoms with E-state index in [-0.39, 0.29) is 0 Å². The van der Waals surface area contributed by atoms with Gasteiger partial charge in [0.2, 0.25) is 0 Å². The van der Waals surface area contributed by atoms with Crippen LogP contribution in [0.4, 0.5) is 5.69 Å². The van der Waals surface area contributed by atoms with E-state index >= 15 is 0 Å². The summed E-state index contributed by atoms with van der Waals surface area (Å²) in [4.78, 5) is 0. The summed E-state index contributed by atoms with van der Waals surface area (Å²) in [6.07, 6.45) is 0. The highest BCUT2D eigenvalue weighted by molar-refractivity contribution is 9.10. The molecule has 1 N–H and O–H groups in total. The van der Waals surface area contributed by atoms with E-state index in [1.807, 2.05) is 37.3 Å². The normalized spacial score (nSPS) is 10.6. The summed E-state index contributed by atoms with van der Waals surface area (Å²) in [5.41, 5.74) is 5.57. The van der Waals surface area contributed by atoms with Gasteiger partial charge in [-0.3, -0.25) is 0 Å². The third-order valence-electron chi connectivity index (χ3n) is 4.27. The zero-order valence-electron chi connectivity index (χ0n) is 14.9. The summed E-state index contributed by atoms with van der Waals surface area (Å²) in [5.74, 6) is 0.876. The fourth-order valence-electron chi connectivity index (χ4n) is 2.66. The van der Waals surface area contributed by atoms with Gasteiger partial charge < -0.3 is 10.1 Å². The molecule has 26 heavy (non-hydrogen) atoms. The maximum atomic E-state index is 6.21. The topological polar surface area (TPSA) is 21.3 Å². The van der Waals surface area contributed by atoms with Gasteiger partial charge in [0.15, 0.2) is 0 Å². The number of hydrogen-bond donors (Lipinski definition) is 1. The van der Waals surface area contributed by atoms with Crippen molar-refractivity contribution in [3.63, 3.8) is 0 Å². The molecule has 0 amide bonds. The summed E-state index contributed by atoms with van der Waals surface area (Å²) in [5, 5.41) is 4.22. The Balaban J connectivity index is 1.73. The van der Waals surface area contributed by atoms with Crippen molar-refractivity contribution < 1.29 is 4.74 Å². The van der Waals surface area contributed by atoms with Gasteiger partial charge in [-0.1, -0.05) is 63.4 Å². The SMILES string of the molecule is Cc1ccc(COc2ccc(Br)cc2CNc2cccc(Cl)c2C)cc1. The highest BCUT2D eigenvalue weighted by atomic mass is 79.9. The van der Waals surface area contributed by atoms with Crippen molar-refractivity contribution >= 4 is 33.2 Å². The van der Waals surface area contributed by atoms with E-state index in [0.717, 1.165) is 37.6 Å². The molecule has 0 aliphatic carbocycles. The molecule has 0 saturated carbocycles. The molecule has 0 fully saturated rings. The summed E-state index contributed by atoms with van der Waals surface area (Å²) >= 11 is 9.76. The lowest BCUT2D eigenvalue weighted by atomic mass is 10.1. The minimum Gasteiger partial charge on any atom is -0.489 e. The van der Waals surface area contributed by atoms with E-state index < -0.39 is 0 Å². The van der Waals surface area contributed by atoms with E-state index in [2.05, 4.69) is 58.5 Å². The van der Waals surface area contributed by atoms with Gasteiger partial charge in [0.25, 0.3) is 0 Å². The van der Waals surface area contributed by atoms with Crippen LogP contribution in [0, 0.1) is 13.8 Å². The number of hydrogen-bond acceptors (Lipinski definition) is 2. The Labute approximate surface area is 168 Å². The Morgan fingerprint density at radius 3 is 2.54 bits per heavy atom. The molecule has 0 unspecified atom stereocenters. The van der Waals surface area contributed by atoms with Crippen LogP contribution in [0.15, 0.2) is 65.1 Å². The Morgan fingerprint density at radius 2 is 1.77 bits per heavy atom. The molecule has 0 aliphatic rings. The predicted molar refractivity (Wildman–Crippen MR) is 113 cm³/mol. The van der Waals surface area contributed by atoms with Gasteiger partial charge in [-0.15, -0.1) is 0 Å². The fraction of sp³-hybridized carbons (Fsp3) is 0.182. The molecule has 0 saturated heterocycles. The lowest BCUT2D eigenvalue weighted by Gasteiger charge is -2.15. The number of nitrogens with one attached hydrogen (secondary N) is 1. The third kappa shape index (κ3) is 4.80. The Morgan fingerprint density at radius 1 is 1.00 bits per heavy atom. The maximum Gasteiger partial charge on any atom is 0.124 e. The average Bonchev–Trinajstić information content (AvgIpc) is 2.63. The van der Waals surface area contributed by atoms with E-state index in [0.29, 0.717) is 13.2 Å². The molecule has 3 aromatic rings. The van der Waals surface area contributed by atoms with E-state index in [1.165, 1.54) is 5.56 Å². The second-order valence-corrected chi connectivity index (χ2v) is 7.62. The molecule has 0 bridgehead atoms. The standard InChI is InChI=1S/C22H21BrClNO/c1-15-6-8-17(9-7-15)14-26-22-11-10-19(23)12-18(22)13-25-21-5-3-4-20(24)16(21)2/h3-12,25H,13-14H2,1-2H3. The van der Waals surface area contributed by atoms with Gasteiger partial charge in [-0.2, -0.15) is 0 Å². The van der Waals surface area contributed by atoms with Gasteiger partial charge in [0.05, 0.1) is 0 Å². The van der Waals surface area contributed by atoms with Crippen molar-refractivity contribution in [1.29, 1.82) is 0 Å². The van der Waals surface area contributed by atoms with Crippen LogP contribution >= 0.6 is 27.5 Å². The van der Waals surface area contributed by atoms with Crippen LogP contribution in [0.1, 0.15) is 22.3 Å².